The van der Waals surface area contributed by atoms with Crippen LogP contribution in [0.1, 0.15) is 26.2 Å². The Balaban J connectivity index is 2.39. The van der Waals surface area contributed by atoms with Crippen LogP contribution in [0.3, 0.4) is 0 Å². The first kappa shape index (κ1) is 12.3. The Labute approximate surface area is 92.2 Å². The summed E-state index contributed by atoms with van der Waals surface area (Å²) in [5.74, 6) is 1.28. The van der Waals surface area contributed by atoms with Crippen molar-refractivity contribution in [2.75, 3.05) is 38.3 Å². The van der Waals surface area contributed by atoms with Crippen LogP contribution in [0.2, 0.25) is 0 Å². The van der Waals surface area contributed by atoms with E-state index in [1.165, 1.54) is 31.6 Å². The van der Waals surface area contributed by atoms with Gasteiger partial charge in [-0.25, -0.2) is 0 Å². The molecule has 84 valence electrons. The molecule has 0 radical (unpaired) electrons. The second-order valence-corrected chi connectivity index (χ2v) is 5.12. The molecule has 0 bridgehead atoms. The van der Waals surface area contributed by atoms with E-state index in [9.17, 15) is 0 Å². The second kappa shape index (κ2) is 6.70. The van der Waals surface area contributed by atoms with Gasteiger partial charge in [0.1, 0.15) is 0 Å². The Morgan fingerprint density at radius 2 is 2.07 bits per heavy atom. The third-order valence-electron chi connectivity index (χ3n) is 3.14. The molecule has 0 saturated carbocycles. The van der Waals surface area contributed by atoms with Crippen molar-refractivity contribution in [2.45, 2.75) is 26.2 Å². The zero-order valence-corrected chi connectivity index (χ0v) is 10.3. The predicted molar refractivity (Wildman–Crippen MR) is 64.0 cm³/mol. The van der Waals surface area contributed by atoms with E-state index in [1.807, 2.05) is 11.8 Å². The first-order valence-electron chi connectivity index (χ1n) is 5.60. The lowest BCUT2D eigenvalue weighted by atomic mass is 9.78. The van der Waals surface area contributed by atoms with Crippen LogP contribution in [0.25, 0.3) is 0 Å². The van der Waals surface area contributed by atoms with Crippen molar-refractivity contribution >= 4 is 11.8 Å². The molecule has 1 aliphatic heterocycles. The Morgan fingerprint density at radius 3 is 2.64 bits per heavy atom. The summed E-state index contributed by atoms with van der Waals surface area (Å²) in [5, 5.41) is 3.50. The van der Waals surface area contributed by atoms with Crippen LogP contribution in [0.5, 0.6) is 0 Å². The highest BCUT2D eigenvalue weighted by Crippen LogP contribution is 2.34. The number of rotatable bonds is 6. The van der Waals surface area contributed by atoms with Crippen LogP contribution in [0.4, 0.5) is 0 Å². The van der Waals surface area contributed by atoms with Gasteiger partial charge >= 0.3 is 0 Å². The molecule has 0 aromatic heterocycles. The summed E-state index contributed by atoms with van der Waals surface area (Å²) in [4.78, 5) is 0. The van der Waals surface area contributed by atoms with E-state index in [-0.39, 0.29) is 0 Å². The molecule has 1 saturated heterocycles. The topological polar surface area (TPSA) is 21.3 Å². The summed E-state index contributed by atoms with van der Waals surface area (Å²) in [6.07, 6.45) is 6.01. The standard InChI is InChI=1S/C11H23NOS/c1-3-12-10-11(6-9-14-2)4-7-13-8-5-11/h12H,3-10H2,1-2H3. The lowest BCUT2D eigenvalue weighted by Crippen LogP contribution is -2.39. The second-order valence-electron chi connectivity index (χ2n) is 4.14. The summed E-state index contributed by atoms with van der Waals surface area (Å²) >= 11 is 1.96. The molecule has 14 heavy (non-hydrogen) atoms. The molecule has 1 rings (SSSR count). The molecular formula is C11H23NOS. The molecule has 0 atom stereocenters. The van der Waals surface area contributed by atoms with Gasteiger partial charge in [0.05, 0.1) is 0 Å². The molecule has 1 N–H and O–H groups in total. The van der Waals surface area contributed by atoms with Gasteiger partial charge in [-0.3, -0.25) is 0 Å². The van der Waals surface area contributed by atoms with Crippen LogP contribution in [0, 0.1) is 5.41 Å². The molecule has 0 spiro atoms. The maximum Gasteiger partial charge on any atom is 0.0471 e. The van der Waals surface area contributed by atoms with E-state index < -0.39 is 0 Å². The molecule has 0 unspecified atom stereocenters. The maximum absolute atomic E-state index is 5.45. The smallest absolute Gasteiger partial charge is 0.0471 e. The van der Waals surface area contributed by atoms with Gasteiger partial charge in [0.2, 0.25) is 0 Å². The summed E-state index contributed by atoms with van der Waals surface area (Å²) < 4.78 is 5.45. The van der Waals surface area contributed by atoms with Crippen molar-refractivity contribution in [3.8, 4) is 0 Å². The lowest BCUT2D eigenvalue weighted by Gasteiger charge is -2.37. The molecule has 2 nitrogen and oxygen atoms in total. The SMILES string of the molecule is CCNCC1(CCSC)CCOCC1. The molecule has 1 fully saturated rings. The average Bonchev–Trinajstić information content (AvgIpc) is 2.25. The number of nitrogens with one attached hydrogen (secondary N) is 1. The highest BCUT2D eigenvalue weighted by molar-refractivity contribution is 7.98. The van der Waals surface area contributed by atoms with Crippen LogP contribution >= 0.6 is 11.8 Å². The minimum Gasteiger partial charge on any atom is -0.381 e. The van der Waals surface area contributed by atoms with Gasteiger partial charge in [-0.2, -0.15) is 11.8 Å². The fourth-order valence-electron chi connectivity index (χ4n) is 2.03. The largest absolute Gasteiger partial charge is 0.381 e. The normalized spacial score (nSPS) is 21.0. The van der Waals surface area contributed by atoms with Crippen LogP contribution in [-0.4, -0.2) is 38.3 Å². The molecule has 0 aromatic carbocycles. The van der Waals surface area contributed by atoms with Crippen LogP contribution < -0.4 is 5.32 Å². The fourth-order valence-corrected chi connectivity index (χ4v) is 2.67. The average molecular weight is 217 g/mol. The molecule has 3 heteroatoms. The van der Waals surface area contributed by atoms with Crippen molar-refractivity contribution in [2.24, 2.45) is 5.41 Å². The number of hydrogen-bond donors (Lipinski definition) is 1. The number of hydrogen-bond acceptors (Lipinski definition) is 3. The molecule has 0 amide bonds. The van der Waals surface area contributed by atoms with E-state index in [0.717, 1.165) is 19.8 Å². The van der Waals surface area contributed by atoms with Gasteiger partial charge in [-0.15, -0.1) is 0 Å². The Bertz CT molecular complexity index is 136. The fraction of sp³-hybridized carbons (Fsp3) is 1.00. The van der Waals surface area contributed by atoms with Crippen LogP contribution in [0.15, 0.2) is 0 Å². The zero-order chi connectivity index (χ0) is 10.3. The summed E-state index contributed by atoms with van der Waals surface area (Å²) in [6.45, 7) is 6.36. The Kier molecular flexibility index (Phi) is 5.90. The minimum atomic E-state index is 0.525. The zero-order valence-electron chi connectivity index (χ0n) is 9.47. The summed E-state index contributed by atoms with van der Waals surface area (Å²) in [6, 6.07) is 0. The first-order valence-corrected chi connectivity index (χ1v) is 7.00. The number of ether oxygens (including phenoxy) is 1. The van der Waals surface area contributed by atoms with E-state index in [4.69, 9.17) is 4.74 Å². The van der Waals surface area contributed by atoms with Crippen molar-refractivity contribution < 1.29 is 4.74 Å². The monoisotopic (exact) mass is 217 g/mol. The summed E-state index contributed by atoms with van der Waals surface area (Å²) in [7, 11) is 0. The van der Waals surface area contributed by atoms with E-state index in [2.05, 4.69) is 18.5 Å². The predicted octanol–water partition coefficient (Wildman–Crippen LogP) is 2.15. The minimum absolute atomic E-state index is 0.525. The van der Waals surface area contributed by atoms with Crippen molar-refractivity contribution in [1.82, 2.24) is 5.32 Å². The molecular weight excluding hydrogens is 194 g/mol. The highest BCUT2D eigenvalue weighted by atomic mass is 32.2. The Morgan fingerprint density at radius 1 is 1.36 bits per heavy atom. The first-order chi connectivity index (χ1) is 6.83. The van der Waals surface area contributed by atoms with E-state index in [0.29, 0.717) is 5.41 Å². The van der Waals surface area contributed by atoms with E-state index >= 15 is 0 Å². The van der Waals surface area contributed by atoms with E-state index in [1.54, 1.807) is 0 Å². The third-order valence-corrected chi connectivity index (χ3v) is 3.75. The van der Waals surface area contributed by atoms with Gasteiger partial charge in [0.25, 0.3) is 0 Å². The van der Waals surface area contributed by atoms with Gasteiger partial charge in [0, 0.05) is 19.8 Å². The van der Waals surface area contributed by atoms with Crippen molar-refractivity contribution in [3.63, 3.8) is 0 Å². The van der Waals surface area contributed by atoms with Crippen LogP contribution in [-0.2, 0) is 4.74 Å². The maximum atomic E-state index is 5.45. The van der Waals surface area contributed by atoms with Gasteiger partial charge < -0.3 is 10.1 Å². The highest BCUT2D eigenvalue weighted by Gasteiger charge is 2.31. The van der Waals surface area contributed by atoms with Gasteiger partial charge in [0.15, 0.2) is 0 Å². The Hall–Kier alpha value is 0.270. The molecule has 0 aromatic rings. The molecule has 1 heterocycles. The molecule has 1 aliphatic rings. The quantitative estimate of drug-likeness (QED) is 0.736. The third kappa shape index (κ3) is 3.79. The summed E-state index contributed by atoms with van der Waals surface area (Å²) in [5.41, 5.74) is 0.525. The van der Waals surface area contributed by atoms with Crippen molar-refractivity contribution in [3.05, 3.63) is 0 Å². The molecule has 0 aliphatic carbocycles. The van der Waals surface area contributed by atoms with Gasteiger partial charge in [-0.1, -0.05) is 6.92 Å². The number of thioether (sulfide) groups is 1. The lowest BCUT2D eigenvalue weighted by molar-refractivity contribution is 0.0137. The van der Waals surface area contributed by atoms with Crippen molar-refractivity contribution in [1.29, 1.82) is 0 Å². The van der Waals surface area contributed by atoms with Gasteiger partial charge in [-0.05, 0) is 43.2 Å².